The van der Waals surface area contributed by atoms with Gasteiger partial charge in [0.2, 0.25) is 0 Å². The number of para-hydroxylation sites is 3. The van der Waals surface area contributed by atoms with Crippen molar-refractivity contribution < 1.29 is 9.47 Å². The molecule has 23 heavy (non-hydrogen) atoms. The predicted molar refractivity (Wildman–Crippen MR) is 98.3 cm³/mol. The first kappa shape index (κ1) is 17.2. The Labute approximate surface area is 142 Å². The van der Waals surface area contributed by atoms with E-state index < -0.39 is 0 Å². The van der Waals surface area contributed by atoms with Crippen molar-refractivity contribution in [1.82, 2.24) is 5.32 Å². The molecule has 0 heterocycles. The van der Waals surface area contributed by atoms with Crippen LogP contribution in [0.5, 0.6) is 11.5 Å². The fourth-order valence-electron chi connectivity index (χ4n) is 1.96. The highest BCUT2D eigenvalue weighted by Gasteiger charge is 2.05. The van der Waals surface area contributed by atoms with E-state index in [9.17, 15) is 0 Å². The smallest absolute Gasteiger partial charge is 0.170 e. The first-order valence-corrected chi connectivity index (χ1v) is 8.15. The molecule has 0 atom stereocenters. The van der Waals surface area contributed by atoms with Crippen LogP contribution < -0.4 is 15.4 Å². The molecular formula is C18H22N2O2S. The molecule has 2 aromatic carbocycles. The third-order valence-electron chi connectivity index (χ3n) is 3.06. The SMILES string of the molecule is CCOCCCNC(=S)Nc1ccccc1Oc1ccccc1. The minimum Gasteiger partial charge on any atom is -0.455 e. The van der Waals surface area contributed by atoms with Crippen LogP contribution in [0.15, 0.2) is 54.6 Å². The van der Waals surface area contributed by atoms with E-state index in [1.807, 2.05) is 61.5 Å². The van der Waals surface area contributed by atoms with Crippen molar-refractivity contribution in [2.45, 2.75) is 13.3 Å². The zero-order chi connectivity index (χ0) is 16.3. The molecule has 0 saturated heterocycles. The van der Waals surface area contributed by atoms with E-state index in [1.165, 1.54) is 0 Å². The van der Waals surface area contributed by atoms with Gasteiger partial charge in [-0.25, -0.2) is 0 Å². The Hall–Kier alpha value is -2.11. The molecular weight excluding hydrogens is 308 g/mol. The van der Waals surface area contributed by atoms with Crippen LogP contribution in [0.1, 0.15) is 13.3 Å². The van der Waals surface area contributed by atoms with E-state index in [1.54, 1.807) is 0 Å². The largest absolute Gasteiger partial charge is 0.455 e. The predicted octanol–water partition coefficient (Wildman–Crippen LogP) is 4.19. The van der Waals surface area contributed by atoms with Crippen LogP contribution >= 0.6 is 12.2 Å². The Kier molecular flexibility index (Phi) is 7.36. The van der Waals surface area contributed by atoms with Crippen LogP contribution in [-0.4, -0.2) is 24.9 Å². The molecule has 4 nitrogen and oxygen atoms in total. The molecule has 0 aliphatic rings. The van der Waals surface area contributed by atoms with Gasteiger partial charge in [-0.3, -0.25) is 0 Å². The van der Waals surface area contributed by atoms with E-state index in [0.717, 1.165) is 43.4 Å². The molecule has 0 bridgehead atoms. The number of rotatable bonds is 8. The molecule has 122 valence electrons. The maximum atomic E-state index is 5.90. The molecule has 2 N–H and O–H groups in total. The van der Waals surface area contributed by atoms with Crippen LogP contribution in [0.25, 0.3) is 0 Å². The van der Waals surface area contributed by atoms with E-state index in [2.05, 4.69) is 10.6 Å². The van der Waals surface area contributed by atoms with Crippen molar-refractivity contribution in [1.29, 1.82) is 0 Å². The van der Waals surface area contributed by atoms with Crippen molar-refractivity contribution in [2.24, 2.45) is 0 Å². The lowest BCUT2D eigenvalue weighted by molar-refractivity contribution is 0.146. The number of hydrogen-bond donors (Lipinski definition) is 2. The molecule has 0 fully saturated rings. The Morgan fingerprint density at radius 2 is 1.78 bits per heavy atom. The van der Waals surface area contributed by atoms with Crippen LogP contribution in [0, 0.1) is 0 Å². The molecule has 0 radical (unpaired) electrons. The summed E-state index contributed by atoms with van der Waals surface area (Å²) in [6.45, 7) is 4.24. The summed E-state index contributed by atoms with van der Waals surface area (Å²) in [6, 6.07) is 17.4. The fourth-order valence-corrected chi connectivity index (χ4v) is 2.17. The van der Waals surface area contributed by atoms with Crippen molar-refractivity contribution in [2.75, 3.05) is 25.1 Å². The van der Waals surface area contributed by atoms with Gasteiger partial charge in [0.15, 0.2) is 10.9 Å². The molecule has 0 spiro atoms. The number of thiocarbonyl (C=S) groups is 1. The summed E-state index contributed by atoms with van der Waals surface area (Å²) in [5, 5.41) is 6.92. The standard InChI is InChI=1S/C18H22N2O2S/c1-2-21-14-8-13-19-18(23)20-16-11-6-7-12-17(16)22-15-9-4-3-5-10-15/h3-7,9-12H,2,8,13-14H2,1H3,(H2,19,20,23). The first-order valence-electron chi connectivity index (χ1n) is 7.74. The van der Waals surface area contributed by atoms with E-state index in [0.29, 0.717) is 5.11 Å². The van der Waals surface area contributed by atoms with Gasteiger partial charge in [0.05, 0.1) is 5.69 Å². The molecule has 2 rings (SSSR count). The molecule has 0 unspecified atom stereocenters. The number of nitrogens with one attached hydrogen (secondary N) is 2. The summed E-state index contributed by atoms with van der Waals surface area (Å²) in [5.41, 5.74) is 0.832. The number of benzene rings is 2. The third kappa shape index (κ3) is 6.26. The monoisotopic (exact) mass is 330 g/mol. The summed E-state index contributed by atoms with van der Waals surface area (Å²) in [5.74, 6) is 1.52. The van der Waals surface area contributed by atoms with Crippen molar-refractivity contribution >= 4 is 23.0 Å². The van der Waals surface area contributed by atoms with Gasteiger partial charge in [0.25, 0.3) is 0 Å². The van der Waals surface area contributed by atoms with Crippen LogP contribution in [0.3, 0.4) is 0 Å². The molecule has 2 aromatic rings. The van der Waals surface area contributed by atoms with Gasteiger partial charge in [-0.2, -0.15) is 0 Å². The third-order valence-corrected chi connectivity index (χ3v) is 3.31. The molecule has 0 saturated carbocycles. The van der Waals surface area contributed by atoms with Crippen molar-refractivity contribution in [3.63, 3.8) is 0 Å². The van der Waals surface area contributed by atoms with Crippen LogP contribution in [0.4, 0.5) is 5.69 Å². The van der Waals surface area contributed by atoms with Crippen LogP contribution in [-0.2, 0) is 4.74 Å². The summed E-state index contributed by atoms with van der Waals surface area (Å²) >= 11 is 5.32. The first-order chi connectivity index (χ1) is 11.3. The average Bonchev–Trinajstić information content (AvgIpc) is 2.57. The Morgan fingerprint density at radius 3 is 2.57 bits per heavy atom. The van der Waals surface area contributed by atoms with Gasteiger partial charge in [0.1, 0.15) is 5.75 Å². The molecule has 0 aliphatic heterocycles. The fraction of sp³-hybridized carbons (Fsp3) is 0.278. The molecule has 0 aliphatic carbocycles. The zero-order valence-electron chi connectivity index (χ0n) is 13.2. The van der Waals surface area contributed by atoms with Crippen molar-refractivity contribution in [3.8, 4) is 11.5 Å². The summed E-state index contributed by atoms with van der Waals surface area (Å²) in [6.07, 6.45) is 0.915. The number of ether oxygens (including phenoxy) is 2. The quantitative estimate of drug-likeness (QED) is 0.561. The Balaban J connectivity index is 1.88. The highest BCUT2D eigenvalue weighted by molar-refractivity contribution is 7.80. The minimum absolute atomic E-state index is 0.575. The number of anilines is 1. The Morgan fingerprint density at radius 1 is 1.04 bits per heavy atom. The average molecular weight is 330 g/mol. The zero-order valence-corrected chi connectivity index (χ0v) is 14.1. The van der Waals surface area contributed by atoms with Gasteiger partial charge in [0, 0.05) is 19.8 Å². The summed E-state index contributed by atoms with van der Waals surface area (Å²) in [7, 11) is 0. The Bertz CT molecular complexity index is 605. The van der Waals surface area contributed by atoms with Gasteiger partial charge in [-0.05, 0) is 49.8 Å². The maximum absolute atomic E-state index is 5.90. The van der Waals surface area contributed by atoms with E-state index in [-0.39, 0.29) is 0 Å². The van der Waals surface area contributed by atoms with Gasteiger partial charge in [-0.15, -0.1) is 0 Å². The van der Waals surface area contributed by atoms with Crippen molar-refractivity contribution in [3.05, 3.63) is 54.6 Å². The highest BCUT2D eigenvalue weighted by Crippen LogP contribution is 2.28. The summed E-state index contributed by atoms with van der Waals surface area (Å²) in [4.78, 5) is 0. The van der Waals surface area contributed by atoms with E-state index in [4.69, 9.17) is 21.7 Å². The van der Waals surface area contributed by atoms with Crippen LogP contribution in [0.2, 0.25) is 0 Å². The topological polar surface area (TPSA) is 42.5 Å². The molecule has 5 heteroatoms. The van der Waals surface area contributed by atoms with Gasteiger partial charge in [-0.1, -0.05) is 30.3 Å². The highest BCUT2D eigenvalue weighted by atomic mass is 32.1. The normalized spacial score (nSPS) is 10.1. The lowest BCUT2D eigenvalue weighted by Gasteiger charge is -2.14. The molecule has 0 amide bonds. The lowest BCUT2D eigenvalue weighted by atomic mass is 10.3. The maximum Gasteiger partial charge on any atom is 0.170 e. The second kappa shape index (κ2) is 9.82. The minimum atomic E-state index is 0.575. The molecule has 0 aromatic heterocycles. The van der Waals surface area contributed by atoms with Gasteiger partial charge < -0.3 is 20.1 Å². The van der Waals surface area contributed by atoms with E-state index >= 15 is 0 Å². The lowest BCUT2D eigenvalue weighted by Crippen LogP contribution is -2.29. The second-order valence-corrected chi connectivity index (χ2v) is 5.25. The van der Waals surface area contributed by atoms with Gasteiger partial charge >= 0.3 is 0 Å². The second-order valence-electron chi connectivity index (χ2n) is 4.84. The number of hydrogen-bond acceptors (Lipinski definition) is 3. The summed E-state index contributed by atoms with van der Waals surface area (Å²) < 4.78 is 11.2.